The van der Waals surface area contributed by atoms with Crippen molar-refractivity contribution >= 4 is 20.3 Å². The summed E-state index contributed by atoms with van der Waals surface area (Å²) in [6, 6.07) is 0.00238. The van der Waals surface area contributed by atoms with Crippen molar-refractivity contribution in [1.82, 2.24) is 9.80 Å². The average molecular weight is 427 g/mol. The van der Waals surface area contributed by atoms with Gasteiger partial charge in [-0.25, -0.2) is 4.79 Å². The molecule has 2 amide bonds. The number of hydrogen-bond acceptors (Lipinski definition) is 4. The topological polar surface area (TPSA) is 59.1 Å². The molecule has 0 radical (unpaired) electrons. The van der Waals surface area contributed by atoms with Gasteiger partial charge in [0.2, 0.25) is 5.91 Å². The van der Waals surface area contributed by atoms with Gasteiger partial charge in [-0.3, -0.25) is 4.79 Å². The highest BCUT2D eigenvalue weighted by Gasteiger charge is 2.47. The van der Waals surface area contributed by atoms with Crippen molar-refractivity contribution in [3.05, 3.63) is 0 Å². The molecule has 0 N–H and O–H groups in total. The molecule has 1 unspecified atom stereocenters. The fraction of sp³-hybridized carbons (Fsp3) is 0.909. The fourth-order valence-corrected chi connectivity index (χ4v) is 5.40. The van der Waals surface area contributed by atoms with E-state index in [1.807, 2.05) is 37.5 Å². The lowest BCUT2D eigenvalue weighted by atomic mass is 9.87. The van der Waals surface area contributed by atoms with Crippen LogP contribution >= 0.6 is 0 Å². The minimum atomic E-state index is -1.94. The normalized spacial score (nSPS) is 26.8. The monoisotopic (exact) mass is 426 g/mol. The van der Waals surface area contributed by atoms with E-state index in [0.717, 1.165) is 25.9 Å². The van der Waals surface area contributed by atoms with Crippen LogP contribution in [0.4, 0.5) is 4.79 Å². The van der Waals surface area contributed by atoms with Gasteiger partial charge >= 0.3 is 6.09 Å². The van der Waals surface area contributed by atoms with Gasteiger partial charge in [-0.2, -0.15) is 0 Å². The van der Waals surface area contributed by atoms with Crippen molar-refractivity contribution in [1.29, 1.82) is 0 Å². The van der Waals surface area contributed by atoms with Crippen LogP contribution in [0.2, 0.25) is 18.1 Å². The van der Waals surface area contributed by atoms with Crippen LogP contribution in [0.1, 0.15) is 67.7 Å². The summed E-state index contributed by atoms with van der Waals surface area (Å²) in [5, 5.41) is 0.115. The first kappa shape index (κ1) is 24.2. The summed E-state index contributed by atoms with van der Waals surface area (Å²) >= 11 is 0. The van der Waals surface area contributed by atoms with Crippen LogP contribution in [-0.4, -0.2) is 67.5 Å². The molecule has 168 valence electrons. The number of carbonyl (C=O) groups excluding carboxylic acids is 2. The molecule has 7 heteroatoms. The van der Waals surface area contributed by atoms with E-state index >= 15 is 0 Å². The fourth-order valence-electron chi connectivity index (χ4n) is 4.05. The Hall–Kier alpha value is -1.08. The zero-order valence-electron chi connectivity index (χ0n) is 20.0. The van der Waals surface area contributed by atoms with Crippen LogP contribution in [0.25, 0.3) is 0 Å². The van der Waals surface area contributed by atoms with E-state index < -0.39 is 13.9 Å². The lowest BCUT2D eigenvalue weighted by Crippen LogP contribution is -2.48. The van der Waals surface area contributed by atoms with Crippen LogP contribution < -0.4 is 0 Å². The number of rotatable bonds is 4. The van der Waals surface area contributed by atoms with E-state index in [4.69, 9.17) is 9.16 Å². The first-order valence-corrected chi connectivity index (χ1v) is 14.0. The van der Waals surface area contributed by atoms with Gasteiger partial charge in [0.15, 0.2) is 8.32 Å². The molecule has 2 saturated heterocycles. The maximum absolute atomic E-state index is 13.0. The molecule has 0 aliphatic carbocycles. The minimum absolute atomic E-state index is 0.00238. The molecule has 2 fully saturated rings. The number of nitrogens with zero attached hydrogens (tertiary/aromatic N) is 2. The third-order valence-electron chi connectivity index (χ3n) is 6.69. The molecule has 29 heavy (non-hydrogen) atoms. The van der Waals surface area contributed by atoms with Gasteiger partial charge < -0.3 is 19.0 Å². The first-order valence-electron chi connectivity index (χ1n) is 11.1. The second-order valence-corrected chi connectivity index (χ2v) is 15.9. The largest absolute Gasteiger partial charge is 0.444 e. The molecule has 3 atom stereocenters. The summed E-state index contributed by atoms with van der Waals surface area (Å²) in [7, 11) is -1.94. The van der Waals surface area contributed by atoms with E-state index in [1.54, 1.807) is 0 Å². The number of piperidine rings is 1. The maximum Gasteiger partial charge on any atom is 0.410 e. The van der Waals surface area contributed by atoms with Crippen molar-refractivity contribution in [2.24, 2.45) is 5.92 Å². The van der Waals surface area contributed by atoms with Crippen molar-refractivity contribution in [2.75, 3.05) is 19.6 Å². The Kier molecular flexibility index (Phi) is 7.15. The van der Waals surface area contributed by atoms with E-state index in [9.17, 15) is 9.59 Å². The molecule has 6 nitrogen and oxygen atoms in total. The molecule has 0 aromatic rings. The van der Waals surface area contributed by atoms with Gasteiger partial charge in [0.1, 0.15) is 5.60 Å². The van der Waals surface area contributed by atoms with E-state index in [2.05, 4.69) is 33.9 Å². The Balaban J connectivity index is 2.19. The zero-order valence-corrected chi connectivity index (χ0v) is 21.0. The quantitative estimate of drug-likeness (QED) is 0.614. The molecule has 0 aromatic heterocycles. The third kappa shape index (κ3) is 5.97. The Bertz CT molecular complexity index is 609. The van der Waals surface area contributed by atoms with Crippen LogP contribution in [0, 0.1) is 5.92 Å². The van der Waals surface area contributed by atoms with E-state index in [0.29, 0.717) is 13.0 Å². The third-order valence-corrected chi connectivity index (χ3v) is 11.2. The Morgan fingerprint density at radius 3 is 2.28 bits per heavy atom. The second-order valence-electron chi connectivity index (χ2n) is 11.2. The minimum Gasteiger partial charge on any atom is -0.444 e. The lowest BCUT2D eigenvalue weighted by Gasteiger charge is -2.38. The SMILES string of the molecule is CCN1CCC([C@@H]2C[C@@H](O[Si](C)(C)C(C)(C)C)CN2C(=O)OC(C)(C)C)CC1=O. The van der Waals surface area contributed by atoms with Crippen molar-refractivity contribution in [3.8, 4) is 0 Å². The predicted molar refractivity (Wildman–Crippen MR) is 118 cm³/mol. The first-order chi connectivity index (χ1) is 13.1. The highest BCUT2D eigenvalue weighted by molar-refractivity contribution is 6.74. The van der Waals surface area contributed by atoms with Crippen molar-refractivity contribution < 1.29 is 18.8 Å². The van der Waals surface area contributed by atoms with Gasteiger partial charge in [0.25, 0.3) is 0 Å². The summed E-state index contributed by atoms with van der Waals surface area (Å²) in [6.45, 7) is 21.0. The summed E-state index contributed by atoms with van der Waals surface area (Å²) < 4.78 is 12.4. The van der Waals surface area contributed by atoms with Crippen molar-refractivity contribution in [2.45, 2.75) is 104 Å². The molecule has 0 aromatic carbocycles. The Morgan fingerprint density at radius 2 is 1.79 bits per heavy atom. The Morgan fingerprint density at radius 1 is 1.17 bits per heavy atom. The molecule has 0 saturated carbocycles. The lowest BCUT2D eigenvalue weighted by molar-refractivity contribution is -0.135. The second kappa shape index (κ2) is 8.58. The molecule has 2 rings (SSSR count). The van der Waals surface area contributed by atoms with Gasteiger partial charge in [-0.15, -0.1) is 0 Å². The van der Waals surface area contributed by atoms with Gasteiger partial charge in [-0.05, 0) is 64.6 Å². The highest BCUT2D eigenvalue weighted by atomic mass is 28.4. The highest BCUT2D eigenvalue weighted by Crippen LogP contribution is 2.40. The summed E-state index contributed by atoms with van der Waals surface area (Å²) in [6.07, 6.45) is 1.94. The molecule has 2 heterocycles. The van der Waals surface area contributed by atoms with Crippen LogP contribution in [0.5, 0.6) is 0 Å². The molecule has 0 bridgehead atoms. The van der Waals surface area contributed by atoms with Gasteiger partial charge in [0.05, 0.1) is 6.10 Å². The Labute approximate surface area is 178 Å². The van der Waals surface area contributed by atoms with Gasteiger partial charge in [-0.1, -0.05) is 20.8 Å². The van der Waals surface area contributed by atoms with E-state index in [-0.39, 0.29) is 35.1 Å². The summed E-state index contributed by atoms with van der Waals surface area (Å²) in [5.74, 6) is 0.368. The molecular weight excluding hydrogens is 384 g/mol. The molecule has 2 aliphatic rings. The molecular formula is C22H42N2O4Si. The standard InChI is InChI=1S/C22H42N2O4Si/c1-10-23-12-11-16(13-19(23)25)18-14-17(28-29(8,9)22(5,6)7)15-24(18)20(26)27-21(2,3)4/h16-18H,10-15H2,1-9H3/t16?,17-,18+/m1/s1. The number of amides is 2. The molecule has 2 aliphatic heterocycles. The van der Waals surface area contributed by atoms with E-state index in [1.165, 1.54) is 0 Å². The predicted octanol–water partition coefficient (Wildman–Crippen LogP) is 4.64. The van der Waals surface area contributed by atoms with Crippen molar-refractivity contribution in [3.63, 3.8) is 0 Å². The smallest absolute Gasteiger partial charge is 0.410 e. The number of ether oxygens (including phenoxy) is 1. The zero-order chi connectivity index (χ0) is 22.2. The number of carbonyl (C=O) groups is 2. The number of hydrogen-bond donors (Lipinski definition) is 0. The summed E-state index contributed by atoms with van der Waals surface area (Å²) in [5.41, 5.74) is -0.540. The average Bonchev–Trinajstić information content (AvgIpc) is 2.95. The maximum atomic E-state index is 13.0. The number of likely N-dealkylation sites (tertiary alicyclic amines) is 2. The van der Waals surface area contributed by atoms with Crippen LogP contribution in [-0.2, 0) is 14.0 Å². The summed E-state index contributed by atoms with van der Waals surface area (Å²) in [4.78, 5) is 29.3. The van der Waals surface area contributed by atoms with Gasteiger partial charge in [0, 0.05) is 32.1 Å². The van der Waals surface area contributed by atoms with Crippen LogP contribution in [0.3, 0.4) is 0 Å². The molecule has 0 spiro atoms. The van der Waals surface area contributed by atoms with Crippen LogP contribution in [0.15, 0.2) is 0 Å².